The Morgan fingerprint density at radius 2 is 1.96 bits per heavy atom. The second-order valence-corrected chi connectivity index (χ2v) is 5.78. The molecule has 0 saturated carbocycles. The van der Waals surface area contributed by atoms with Crippen LogP contribution in [0, 0.1) is 0 Å². The van der Waals surface area contributed by atoms with Crippen LogP contribution < -0.4 is 15.0 Å². The highest BCUT2D eigenvalue weighted by molar-refractivity contribution is 5.78. The van der Waals surface area contributed by atoms with Gasteiger partial charge in [-0.25, -0.2) is 0 Å². The van der Waals surface area contributed by atoms with Crippen LogP contribution in [0.4, 0.5) is 0 Å². The molecule has 1 aromatic heterocycles. The molecular formula is C18H20N2O4. The van der Waals surface area contributed by atoms with E-state index >= 15 is 0 Å². The van der Waals surface area contributed by atoms with Crippen LogP contribution in [0.25, 0.3) is 0 Å². The number of amides is 1. The Morgan fingerprint density at radius 1 is 1.21 bits per heavy atom. The van der Waals surface area contributed by atoms with Gasteiger partial charge in [0.25, 0.3) is 11.5 Å². The zero-order valence-electron chi connectivity index (χ0n) is 13.8. The molecule has 0 unspecified atom stereocenters. The molecule has 1 aliphatic rings. The van der Waals surface area contributed by atoms with Crippen molar-refractivity contribution in [1.82, 2.24) is 9.47 Å². The molecule has 0 radical (unpaired) electrons. The fourth-order valence-electron chi connectivity index (χ4n) is 2.82. The van der Waals surface area contributed by atoms with Gasteiger partial charge in [0.2, 0.25) is 0 Å². The number of carbonyl (C=O) groups is 1. The SMILES string of the molecule is COc1ccccc1OCC(=O)N1CCc2cc(=O)n(C)cc2C1. The third kappa shape index (κ3) is 3.27. The Bertz CT molecular complexity index is 813. The standard InChI is InChI=1S/C18H20N2O4/c1-19-10-14-11-20(8-7-13(14)9-17(19)21)18(22)12-24-16-6-4-3-5-15(16)23-2/h3-6,9-10H,7-8,11-12H2,1-2H3. The molecule has 0 atom stereocenters. The quantitative estimate of drug-likeness (QED) is 0.850. The van der Waals surface area contributed by atoms with Crippen LogP contribution in [0.15, 0.2) is 41.3 Å². The summed E-state index contributed by atoms with van der Waals surface area (Å²) in [5.74, 6) is 1.07. The van der Waals surface area contributed by atoms with E-state index < -0.39 is 0 Å². The third-order valence-electron chi connectivity index (χ3n) is 4.19. The van der Waals surface area contributed by atoms with Crippen molar-refractivity contribution in [1.29, 1.82) is 0 Å². The first-order chi connectivity index (χ1) is 11.6. The molecule has 0 N–H and O–H groups in total. The van der Waals surface area contributed by atoms with Gasteiger partial charge in [-0.3, -0.25) is 9.59 Å². The summed E-state index contributed by atoms with van der Waals surface area (Å²) >= 11 is 0. The maximum Gasteiger partial charge on any atom is 0.260 e. The Labute approximate surface area is 140 Å². The van der Waals surface area contributed by atoms with Gasteiger partial charge in [-0.15, -0.1) is 0 Å². The van der Waals surface area contributed by atoms with E-state index in [2.05, 4.69) is 0 Å². The number of hydrogen-bond acceptors (Lipinski definition) is 4. The molecule has 1 aliphatic heterocycles. The number of hydrogen-bond donors (Lipinski definition) is 0. The molecule has 3 rings (SSSR count). The average molecular weight is 328 g/mol. The minimum Gasteiger partial charge on any atom is -0.493 e. The Kier molecular flexibility index (Phi) is 4.55. The van der Waals surface area contributed by atoms with Gasteiger partial charge in [0.15, 0.2) is 18.1 Å². The van der Waals surface area contributed by atoms with Crippen LogP contribution in [0.1, 0.15) is 11.1 Å². The molecule has 0 bridgehead atoms. The molecule has 2 heterocycles. The minimum atomic E-state index is -0.0830. The van der Waals surface area contributed by atoms with Crippen LogP contribution in [-0.4, -0.2) is 35.6 Å². The number of rotatable bonds is 4. The monoisotopic (exact) mass is 328 g/mol. The van der Waals surface area contributed by atoms with Gasteiger partial charge in [0.05, 0.1) is 7.11 Å². The smallest absolute Gasteiger partial charge is 0.260 e. The van der Waals surface area contributed by atoms with Crippen molar-refractivity contribution in [2.45, 2.75) is 13.0 Å². The van der Waals surface area contributed by atoms with Gasteiger partial charge >= 0.3 is 0 Å². The molecule has 6 heteroatoms. The van der Waals surface area contributed by atoms with E-state index in [4.69, 9.17) is 9.47 Å². The number of carbonyl (C=O) groups excluding carboxylic acids is 1. The first-order valence-electron chi connectivity index (χ1n) is 7.80. The van der Waals surface area contributed by atoms with Crippen molar-refractivity contribution in [2.24, 2.45) is 7.05 Å². The molecule has 1 aromatic carbocycles. The largest absolute Gasteiger partial charge is 0.493 e. The summed E-state index contributed by atoms with van der Waals surface area (Å²) in [5.41, 5.74) is 2.01. The molecule has 2 aromatic rings. The van der Waals surface area contributed by atoms with Gasteiger partial charge in [0.1, 0.15) is 0 Å². The van der Waals surface area contributed by atoms with Gasteiger partial charge in [-0.05, 0) is 29.7 Å². The van der Waals surface area contributed by atoms with E-state index in [0.717, 1.165) is 11.1 Å². The minimum absolute atomic E-state index is 0.0203. The van der Waals surface area contributed by atoms with Crippen LogP contribution >= 0.6 is 0 Å². The Hall–Kier alpha value is -2.76. The van der Waals surface area contributed by atoms with Gasteiger partial charge < -0.3 is 18.9 Å². The van der Waals surface area contributed by atoms with E-state index in [1.54, 1.807) is 43.5 Å². The van der Waals surface area contributed by atoms with Crippen LogP contribution in [0.5, 0.6) is 11.5 Å². The second-order valence-electron chi connectivity index (χ2n) is 5.78. The highest BCUT2D eigenvalue weighted by Crippen LogP contribution is 2.26. The molecule has 0 fully saturated rings. The fourth-order valence-corrected chi connectivity index (χ4v) is 2.82. The van der Waals surface area contributed by atoms with Gasteiger partial charge in [0, 0.05) is 32.4 Å². The van der Waals surface area contributed by atoms with E-state index in [-0.39, 0.29) is 18.1 Å². The summed E-state index contributed by atoms with van der Waals surface area (Å²) in [6, 6.07) is 8.90. The zero-order valence-corrected chi connectivity index (χ0v) is 13.8. The van der Waals surface area contributed by atoms with Crippen LogP contribution in [-0.2, 0) is 24.8 Å². The number of methoxy groups -OCH3 is 1. The molecule has 0 saturated heterocycles. The summed E-state index contributed by atoms with van der Waals surface area (Å²) in [7, 11) is 3.28. The molecule has 0 spiro atoms. The van der Waals surface area contributed by atoms with Crippen LogP contribution in [0.3, 0.4) is 0 Å². The lowest BCUT2D eigenvalue weighted by atomic mass is 10.0. The predicted molar refractivity (Wildman–Crippen MR) is 89.3 cm³/mol. The van der Waals surface area contributed by atoms with Crippen molar-refractivity contribution in [3.63, 3.8) is 0 Å². The zero-order chi connectivity index (χ0) is 17.1. The molecule has 126 valence electrons. The Balaban J connectivity index is 1.66. The maximum absolute atomic E-state index is 12.4. The van der Waals surface area contributed by atoms with E-state index in [9.17, 15) is 9.59 Å². The maximum atomic E-state index is 12.4. The van der Waals surface area contributed by atoms with Crippen molar-refractivity contribution in [3.05, 3.63) is 58.0 Å². The number of aromatic nitrogens is 1. The summed E-state index contributed by atoms with van der Waals surface area (Å²) in [4.78, 5) is 25.9. The van der Waals surface area contributed by atoms with E-state index in [1.165, 1.54) is 4.57 Å². The lowest BCUT2D eigenvalue weighted by molar-refractivity contribution is -0.134. The summed E-state index contributed by atoms with van der Waals surface area (Å²) in [6.07, 6.45) is 2.49. The van der Waals surface area contributed by atoms with E-state index in [0.29, 0.717) is 31.0 Å². The molecule has 6 nitrogen and oxygen atoms in total. The summed E-state index contributed by atoms with van der Waals surface area (Å²) < 4.78 is 12.4. The fraction of sp³-hybridized carbons (Fsp3) is 0.333. The summed E-state index contributed by atoms with van der Waals surface area (Å²) in [5, 5.41) is 0. The molecule has 1 amide bonds. The Morgan fingerprint density at radius 3 is 2.71 bits per heavy atom. The van der Waals surface area contributed by atoms with Gasteiger partial charge in [-0.1, -0.05) is 12.1 Å². The normalized spacial score (nSPS) is 13.3. The topological polar surface area (TPSA) is 60.8 Å². The van der Waals surface area contributed by atoms with Crippen LogP contribution in [0.2, 0.25) is 0 Å². The van der Waals surface area contributed by atoms with Crippen molar-refractivity contribution >= 4 is 5.91 Å². The average Bonchev–Trinajstić information content (AvgIpc) is 2.60. The predicted octanol–water partition coefficient (Wildman–Crippen LogP) is 1.36. The molecule has 0 aliphatic carbocycles. The number of nitrogens with zero attached hydrogens (tertiary/aromatic N) is 2. The molecular weight excluding hydrogens is 308 g/mol. The number of aryl methyl sites for hydroxylation is 1. The number of benzene rings is 1. The number of para-hydroxylation sites is 2. The first-order valence-corrected chi connectivity index (χ1v) is 7.80. The van der Waals surface area contributed by atoms with Gasteiger partial charge in [-0.2, -0.15) is 0 Å². The van der Waals surface area contributed by atoms with Crippen molar-refractivity contribution < 1.29 is 14.3 Å². The lowest BCUT2D eigenvalue weighted by Gasteiger charge is -2.29. The number of ether oxygens (including phenoxy) is 2. The highest BCUT2D eigenvalue weighted by Gasteiger charge is 2.22. The highest BCUT2D eigenvalue weighted by atomic mass is 16.5. The number of fused-ring (bicyclic) bond motifs is 1. The van der Waals surface area contributed by atoms with Crippen molar-refractivity contribution in [3.8, 4) is 11.5 Å². The summed E-state index contributed by atoms with van der Waals surface area (Å²) in [6.45, 7) is 1.05. The third-order valence-corrected chi connectivity index (χ3v) is 4.19. The number of pyridine rings is 1. The van der Waals surface area contributed by atoms with E-state index in [1.807, 2.05) is 12.1 Å². The lowest BCUT2D eigenvalue weighted by Crippen LogP contribution is -2.39. The second kappa shape index (κ2) is 6.78. The first kappa shape index (κ1) is 16.1. The molecule has 24 heavy (non-hydrogen) atoms. The van der Waals surface area contributed by atoms with Crippen molar-refractivity contribution in [2.75, 3.05) is 20.3 Å².